The number of H-pyrrole nitrogens is 1. The molecule has 0 aliphatic carbocycles. The summed E-state index contributed by atoms with van der Waals surface area (Å²) in [7, 11) is 0. The first kappa shape index (κ1) is 23.8. The summed E-state index contributed by atoms with van der Waals surface area (Å²) in [6, 6.07) is 10.3. The molecule has 2 saturated heterocycles. The molecule has 0 spiro atoms. The molecule has 8 nitrogen and oxygen atoms in total. The van der Waals surface area contributed by atoms with Crippen LogP contribution in [0.4, 0.5) is 14.5 Å². The molecule has 3 heterocycles. The first-order valence-corrected chi connectivity index (χ1v) is 11.9. The number of fused-ring (bicyclic) bond motifs is 1. The molecule has 3 aromatic rings. The summed E-state index contributed by atoms with van der Waals surface area (Å²) in [4.78, 5) is 32.2. The molecule has 0 radical (unpaired) electrons. The standard InChI is InChI=1S/C26H26F2N6O2/c27-17-11-22(28)20-13-21(25(35)31-23(20)12-17)24(32-29)14-30-18-5-3-16(4-6-18)26(36)34-10-7-19(15-34)33-8-1-2-9-33/h3-6,11-14,19,29-30H,1-2,7-10,15H2,(H,31,35)/b24-14-,32-29?. The van der Waals surface area contributed by atoms with Gasteiger partial charge in [-0.1, -0.05) is 0 Å². The van der Waals surface area contributed by atoms with Gasteiger partial charge in [-0.3, -0.25) is 14.5 Å². The van der Waals surface area contributed by atoms with Gasteiger partial charge in [0.15, 0.2) is 0 Å². The van der Waals surface area contributed by atoms with Crippen molar-refractivity contribution < 1.29 is 13.6 Å². The van der Waals surface area contributed by atoms with E-state index in [4.69, 9.17) is 5.53 Å². The molecule has 1 amide bonds. The quantitative estimate of drug-likeness (QED) is 0.439. The number of aromatic nitrogens is 1. The Balaban J connectivity index is 1.29. The maximum Gasteiger partial charge on any atom is 0.258 e. The molecular formula is C26H26F2N6O2. The van der Waals surface area contributed by atoms with Crippen LogP contribution in [0.25, 0.3) is 16.6 Å². The van der Waals surface area contributed by atoms with Gasteiger partial charge in [0.25, 0.3) is 11.5 Å². The maximum absolute atomic E-state index is 14.2. The number of nitrogens with one attached hydrogen (secondary N) is 3. The van der Waals surface area contributed by atoms with Crippen molar-refractivity contribution in [2.24, 2.45) is 5.11 Å². The van der Waals surface area contributed by atoms with Gasteiger partial charge in [-0.2, -0.15) is 5.11 Å². The highest BCUT2D eigenvalue weighted by Crippen LogP contribution is 2.24. The number of benzene rings is 2. The highest BCUT2D eigenvalue weighted by atomic mass is 19.1. The van der Waals surface area contributed by atoms with E-state index in [1.807, 2.05) is 4.90 Å². The molecule has 10 heteroatoms. The number of likely N-dealkylation sites (tertiary alicyclic amines) is 2. The van der Waals surface area contributed by atoms with Gasteiger partial charge in [-0.05, 0) is 68.8 Å². The minimum atomic E-state index is -0.829. The van der Waals surface area contributed by atoms with Gasteiger partial charge in [0.2, 0.25) is 0 Å². The van der Waals surface area contributed by atoms with Gasteiger partial charge in [0.1, 0.15) is 17.3 Å². The molecule has 36 heavy (non-hydrogen) atoms. The number of anilines is 1. The summed E-state index contributed by atoms with van der Waals surface area (Å²) >= 11 is 0. The summed E-state index contributed by atoms with van der Waals surface area (Å²) in [5.74, 6) is -1.63. The Hall–Kier alpha value is -3.92. The van der Waals surface area contributed by atoms with Gasteiger partial charge >= 0.3 is 0 Å². The topological polar surface area (TPSA) is 105 Å². The van der Waals surface area contributed by atoms with Crippen molar-refractivity contribution in [1.29, 1.82) is 5.53 Å². The summed E-state index contributed by atoms with van der Waals surface area (Å²) < 4.78 is 27.6. The fraction of sp³-hybridized carbons (Fsp3) is 0.308. The Labute approximate surface area is 206 Å². The molecule has 1 atom stereocenters. The van der Waals surface area contributed by atoms with E-state index in [1.165, 1.54) is 25.1 Å². The van der Waals surface area contributed by atoms with Crippen LogP contribution in [0.15, 0.2) is 58.6 Å². The van der Waals surface area contributed by atoms with Gasteiger partial charge in [0, 0.05) is 48.0 Å². The smallest absolute Gasteiger partial charge is 0.258 e. The number of halogens is 2. The van der Waals surface area contributed by atoms with E-state index in [-0.39, 0.29) is 28.1 Å². The minimum absolute atomic E-state index is 0.00166. The fourth-order valence-corrected chi connectivity index (χ4v) is 4.97. The second-order valence-corrected chi connectivity index (χ2v) is 9.16. The van der Waals surface area contributed by atoms with Gasteiger partial charge < -0.3 is 15.2 Å². The van der Waals surface area contributed by atoms with Crippen LogP contribution in [0.3, 0.4) is 0 Å². The Morgan fingerprint density at radius 1 is 1.11 bits per heavy atom. The number of hydrogen-bond donors (Lipinski definition) is 3. The number of hydrogen-bond acceptors (Lipinski definition) is 6. The number of amides is 1. The van der Waals surface area contributed by atoms with E-state index in [2.05, 4.69) is 20.3 Å². The zero-order valence-electron chi connectivity index (χ0n) is 19.6. The first-order valence-electron chi connectivity index (χ1n) is 11.9. The molecule has 5 rings (SSSR count). The molecule has 1 unspecified atom stereocenters. The number of carbonyl (C=O) groups is 1. The van der Waals surface area contributed by atoms with E-state index in [0.29, 0.717) is 17.3 Å². The lowest BCUT2D eigenvalue weighted by molar-refractivity contribution is 0.0780. The molecule has 186 valence electrons. The number of rotatable bonds is 6. The molecule has 1 aromatic heterocycles. The van der Waals surface area contributed by atoms with Crippen LogP contribution in [0.5, 0.6) is 0 Å². The lowest BCUT2D eigenvalue weighted by Gasteiger charge is -2.23. The monoisotopic (exact) mass is 492 g/mol. The van der Waals surface area contributed by atoms with Crippen molar-refractivity contribution in [3.8, 4) is 0 Å². The van der Waals surface area contributed by atoms with Gasteiger partial charge in [-0.15, -0.1) is 0 Å². The van der Waals surface area contributed by atoms with Gasteiger partial charge in [-0.25, -0.2) is 14.3 Å². The van der Waals surface area contributed by atoms with Crippen molar-refractivity contribution in [1.82, 2.24) is 14.8 Å². The average molecular weight is 493 g/mol. The lowest BCUT2D eigenvalue weighted by atomic mass is 10.1. The Bertz CT molecular complexity index is 1400. The predicted molar refractivity (Wildman–Crippen MR) is 133 cm³/mol. The molecule has 2 aromatic carbocycles. The van der Waals surface area contributed by atoms with Crippen LogP contribution in [-0.4, -0.2) is 52.9 Å². The first-order chi connectivity index (χ1) is 17.4. The second kappa shape index (κ2) is 9.98. The van der Waals surface area contributed by atoms with E-state index in [1.54, 1.807) is 24.3 Å². The highest BCUT2D eigenvalue weighted by Gasteiger charge is 2.31. The van der Waals surface area contributed by atoms with Crippen LogP contribution >= 0.6 is 0 Å². The molecular weight excluding hydrogens is 466 g/mol. The maximum atomic E-state index is 14.2. The molecule has 2 fully saturated rings. The zero-order chi connectivity index (χ0) is 25.2. The highest BCUT2D eigenvalue weighted by molar-refractivity contribution is 5.94. The third kappa shape index (κ3) is 4.76. The third-order valence-electron chi connectivity index (χ3n) is 6.89. The van der Waals surface area contributed by atoms with E-state index in [0.717, 1.165) is 44.7 Å². The predicted octanol–water partition coefficient (Wildman–Crippen LogP) is 4.56. The second-order valence-electron chi connectivity index (χ2n) is 9.16. The molecule has 2 aliphatic heterocycles. The number of aromatic amines is 1. The van der Waals surface area contributed by atoms with E-state index in [9.17, 15) is 18.4 Å². The van der Waals surface area contributed by atoms with Crippen LogP contribution in [0, 0.1) is 17.2 Å². The summed E-state index contributed by atoms with van der Waals surface area (Å²) in [5.41, 5.74) is 8.00. The van der Waals surface area contributed by atoms with Crippen molar-refractivity contribution in [2.75, 3.05) is 31.5 Å². The zero-order valence-corrected chi connectivity index (χ0v) is 19.6. The molecule has 0 bridgehead atoms. The van der Waals surface area contributed by atoms with Gasteiger partial charge in [0.05, 0.1) is 11.1 Å². The van der Waals surface area contributed by atoms with Crippen molar-refractivity contribution >= 4 is 28.2 Å². The van der Waals surface area contributed by atoms with E-state index < -0.39 is 17.2 Å². The number of carbonyl (C=O) groups excluding carboxylic acids is 1. The summed E-state index contributed by atoms with van der Waals surface area (Å²) in [6.07, 6.45) is 4.81. The van der Waals surface area contributed by atoms with Crippen LogP contribution in [0.1, 0.15) is 35.2 Å². The van der Waals surface area contributed by atoms with Crippen molar-refractivity contribution in [3.63, 3.8) is 0 Å². The largest absolute Gasteiger partial charge is 0.360 e. The van der Waals surface area contributed by atoms with Crippen LogP contribution < -0.4 is 10.9 Å². The fourth-order valence-electron chi connectivity index (χ4n) is 4.97. The normalized spacial score (nSPS) is 18.7. The SMILES string of the molecule is N=N/C(=C\Nc1ccc(C(=O)N2CCC(N3CCCC3)C2)cc1)c1cc2c(F)cc(F)cc2[nH]c1=O. The Kier molecular flexibility index (Phi) is 6.60. The van der Waals surface area contributed by atoms with Crippen molar-refractivity contribution in [3.05, 3.63) is 81.8 Å². The Morgan fingerprint density at radius 3 is 2.58 bits per heavy atom. The lowest BCUT2D eigenvalue weighted by Crippen LogP contribution is -2.37. The Morgan fingerprint density at radius 2 is 1.86 bits per heavy atom. The minimum Gasteiger partial charge on any atom is -0.360 e. The molecule has 0 saturated carbocycles. The van der Waals surface area contributed by atoms with Crippen LogP contribution in [0.2, 0.25) is 0 Å². The number of pyridine rings is 1. The summed E-state index contributed by atoms with van der Waals surface area (Å²) in [5, 5.41) is 6.36. The molecule has 2 aliphatic rings. The van der Waals surface area contributed by atoms with E-state index >= 15 is 0 Å². The molecule has 3 N–H and O–H groups in total. The number of nitrogens with zero attached hydrogens (tertiary/aromatic N) is 3. The van der Waals surface area contributed by atoms with Crippen molar-refractivity contribution in [2.45, 2.75) is 25.3 Å². The third-order valence-corrected chi connectivity index (χ3v) is 6.89. The average Bonchev–Trinajstić information content (AvgIpc) is 3.57. The van der Waals surface area contributed by atoms with Crippen LogP contribution in [-0.2, 0) is 0 Å². The summed E-state index contributed by atoms with van der Waals surface area (Å²) in [6.45, 7) is 3.74.